The molecule has 1 saturated carbocycles. The van der Waals surface area contributed by atoms with Crippen LogP contribution < -0.4 is 0 Å². The lowest BCUT2D eigenvalue weighted by Gasteiger charge is -2.42. The molecular weight excluding hydrogens is 392 g/mol. The summed E-state index contributed by atoms with van der Waals surface area (Å²) in [6.45, 7) is 19.9. The van der Waals surface area contributed by atoms with E-state index in [1.165, 1.54) is 24.8 Å². The molecule has 0 aromatic rings. The first-order valence-electron chi connectivity index (χ1n) is 12.8. The molecule has 7 atom stereocenters. The first kappa shape index (κ1) is 26.9. The van der Waals surface area contributed by atoms with Gasteiger partial charge < -0.3 is 10.2 Å². The zero-order valence-corrected chi connectivity index (χ0v) is 21.5. The first-order chi connectivity index (χ1) is 15.1. The molecule has 0 aromatic heterocycles. The van der Waals surface area contributed by atoms with Gasteiger partial charge in [-0.05, 0) is 90.8 Å². The van der Waals surface area contributed by atoms with E-state index >= 15 is 0 Å². The van der Waals surface area contributed by atoms with Gasteiger partial charge in [0.05, 0.1) is 12.2 Å². The second-order valence-electron chi connectivity index (χ2n) is 11.0. The topological polar surface area (TPSA) is 40.5 Å². The number of hydrogen-bond acceptors (Lipinski definition) is 2. The molecule has 3 unspecified atom stereocenters. The molecule has 0 bridgehead atoms. The fourth-order valence-electron chi connectivity index (χ4n) is 6.16. The normalized spacial score (nSPS) is 35.0. The van der Waals surface area contributed by atoms with Crippen molar-refractivity contribution in [2.45, 2.75) is 92.3 Å². The quantitative estimate of drug-likeness (QED) is 0.422. The maximum absolute atomic E-state index is 10.2. The lowest BCUT2D eigenvalue weighted by Crippen LogP contribution is -2.34. The largest absolute Gasteiger partial charge is 0.393 e. The van der Waals surface area contributed by atoms with E-state index in [0.29, 0.717) is 41.9 Å². The van der Waals surface area contributed by atoms with Crippen LogP contribution in [0.2, 0.25) is 0 Å². The minimum atomic E-state index is -0.504. The summed E-state index contributed by atoms with van der Waals surface area (Å²) in [6, 6.07) is 0. The number of rotatable bonds is 6. The van der Waals surface area contributed by atoms with Crippen molar-refractivity contribution in [2.75, 3.05) is 0 Å². The molecule has 3 aliphatic carbocycles. The average molecular weight is 441 g/mol. The molecule has 180 valence electrons. The van der Waals surface area contributed by atoms with Crippen molar-refractivity contribution in [1.82, 2.24) is 0 Å². The number of fused-ring (bicyclic) bond motifs is 1. The zero-order valence-electron chi connectivity index (χ0n) is 21.5. The summed E-state index contributed by atoms with van der Waals surface area (Å²) in [5.41, 5.74) is 3.99. The van der Waals surface area contributed by atoms with Crippen LogP contribution in [0.5, 0.6) is 0 Å². The summed E-state index contributed by atoms with van der Waals surface area (Å²) in [4.78, 5) is 0. The van der Waals surface area contributed by atoms with E-state index in [-0.39, 0.29) is 0 Å². The van der Waals surface area contributed by atoms with Crippen LogP contribution in [-0.2, 0) is 0 Å². The Bertz CT molecular complexity index is 740. The molecule has 0 aromatic carbocycles. The molecule has 1 fully saturated rings. The minimum absolute atomic E-state index is 0.369. The minimum Gasteiger partial charge on any atom is -0.393 e. The Hall–Kier alpha value is -1.38. The third-order valence-corrected chi connectivity index (χ3v) is 8.71. The van der Waals surface area contributed by atoms with E-state index < -0.39 is 12.2 Å². The van der Waals surface area contributed by atoms with Gasteiger partial charge in [0, 0.05) is 6.42 Å². The van der Waals surface area contributed by atoms with E-state index in [1.807, 2.05) is 6.92 Å². The van der Waals surface area contributed by atoms with Crippen LogP contribution in [0.15, 0.2) is 60.3 Å². The monoisotopic (exact) mass is 440 g/mol. The van der Waals surface area contributed by atoms with Crippen LogP contribution in [0.3, 0.4) is 0 Å². The summed E-state index contributed by atoms with van der Waals surface area (Å²) >= 11 is 0. The molecule has 0 spiro atoms. The van der Waals surface area contributed by atoms with Gasteiger partial charge in [0.25, 0.3) is 0 Å². The predicted molar refractivity (Wildman–Crippen MR) is 138 cm³/mol. The van der Waals surface area contributed by atoms with Gasteiger partial charge in [0.15, 0.2) is 0 Å². The number of aliphatic hydroxyl groups is 2. The molecule has 2 nitrogen and oxygen atoms in total. The summed E-state index contributed by atoms with van der Waals surface area (Å²) in [6.07, 6.45) is 17.1. The van der Waals surface area contributed by atoms with Gasteiger partial charge >= 0.3 is 0 Å². The van der Waals surface area contributed by atoms with Crippen LogP contribution in [0.1, 0.15) is 80.1 Å². The van der Waals surface area contributed by atoms with Gasteiger partial charge in [-0.1, -0.05) is 65.0 Å². The SMILES string of the molecule is C=C.CC1=C(/C=C\C2=CCCC3(C)C2CCC3[C@H](C)/C=C/[C@H](C)C(C)C)C[C@@H](O)C[C@@H]1O. The molecule has 0 radical (unpaired) electrons. The van der Waals surface area contributed by atoms with E-state index in [2.05, 4.69) is 78.2 Å². The van der Waals surface area contributed by atoms with Crippen molar-refractivity contribution in [3.05, 3.63) is 60.3 Å². The lowest BCUT2D eigenvalue weighted by molar-refractivity contribution is 0.0879. The predicted octanol–water partition coefficient (Wildman–Crippen LogP) is 7.41. The van der Waals surface area contributed by atoms with Crippen molar-refractivity contribution in [2.24, 2.45) is 35.0 Å². The third-order valence-electron chi connectivity index (χ3n) is 8.71. The van der Waals surface area contributed by atoms with Crippen molar-refractivity contribution >= 4 is 0 Å². The summed E-state index contributed by atoms with van der Waals surface area (Å²) < 4.78 is 0. The standard InChI is InChI=1S/C28H44O2.C2H4/c1-18(2)19(3)9-10-20(4)25-13-14-26-22(8-7-15-28(25,26)6)11-12-23-16-24(29)17-27(30)21(23)5;1-2/h8-12,18-20,24-27,29-30H,7,13-17H2,1-6H3;1-2H2/b10-9+,12-11-;/t19-,20+,24+,25?,26?,27-,28?;/m0./s1. The molecule has 2 N–H and O–H groups in total. The van der Waals surface area contributed by atoms with E-state index in [9.17, 15) is 10.2 Å². The van der Waals surface area contributed by atoms with Gasteiger partial charge in [-0.25, -0.2) is 0 Å². The number of allylic oxidation sites excluding steroid dienone is 6. The van der Waals surface area contributed by atoms with Crippen LogP contribution in [-0.4, -0.2) is 22.4 Å². The van der Waals surface area contributed by atoms with Gasteiger partial charge in [-0.3, -0.25) is 0 Å². The Labute approximate surface area is 197 Å². The van der Waals surface area contributed by atoms with Crippen molar-refractivity contribution in [3.63, 3.8) is 0 Å². The number of aliphatic hydroxyl groups excluding tert-OH is 2. The van der Waals surface area contributed by atoms with Crippen LogP contribution in [0.25, 0.3) is 0 Å². The zero-order chi connectivity index (χ0) is 24.1. The Morgan fingerprint density at radius 2 is 1.75 bits per heavy atom. The average Bonchev–Trinajstić information content (AvgIpc) is 3.12. The van der Waals surface area contributed by atoms with Crippen LogP contribution in [0.4, 0.5) is 0 Å². The molecule has 3 rings (SSSR count). The van der Waals surface area contributed by atoms with Gasteiger partial charge in [-0.2, -0.15) is 0 Å². The van der Waals surface area contributed by atoms with Gasteiger partial charge in [0.2, 0.25) is 0 Å². The molecule has 0 aliphatic heterocycles. The Balaban J connectivity index is 0.00000176. The van der Waals surface area contributed by atoms with Gasteiger partial charge in [0.1, 0.15) is 0 Å². The highest BCUT2D eigenvalue weighted by Gasteiger charge is 2.49. The Kier molecular flexibility index (Phi) is 9.79. The summed E-state index contributed by atoms with van der Waals surface area (Å²) in [7, 11) is 0. The molecular formula is C30H48O2. The Morgan fingerprint density at radius 1 is 1.06 bits per heavy atom. The van der Waals surface area contributed by atoms with Crippen molar-refractivity contribution in [3.8, 4) is 0 Å². The lowest BCUT2D eigenvalue weighted by atomic mass is 9.62. The highest BCUT2D eigenvalue weighted by Crippen LogP contribution is 2.58. The third kappa shape index (κ3) is 5.94. The summed E-state index contributed by atoms with van der Waals surface area (Å²) in [5.74, 6) is 3.34. The maximum Gasteiger partial charge on any atom is 0.0777 e. The van der Waals surface area contributed by atoms with Crippen LogP contribution >= 0.6 is 0 Å². The highest BCUT2D eigenvalue weighted by molar-refractivity contribution is 5.37. The van der Waals surface area contributed by atoms with E-state index in [0.717, 1.165) is 23.5 Å². The molecule has 0 heterocycles. The van der Waals surface area contributed by atoms with Crippen molar-refractivity contribution < 1.29 is 10.2 Å². The van der Waals surface area contributed by atoms with Gasteiger partial charge in [-0.15, -0.1) is 13.2 Å². The van der Waals surface area contributed by atoms with Crippen LogP contribution in [0, 0.1) is 35.0 Å². The molecule has 3 aliphatic rings. The fourth-order valence-corrected chi connectivity index (χ4v) is 6.16. The molecule has 0 saturated heterocycles. The molecule has 2 heteroatoms. The second kappa shape index (κ2) is 11.7. The summed E-state index contributed by atoms with van der Waals surface area (Å²) in [5, 5.41) is 20.3. The highest BCUT2D eigenvalue weighted by atomic mass is 16.3. The maximum atomic E-state index is 10.2. The first-order valence-corrected chi connectivity index (χ1v) is 12.8. The second-order valence-corrected chi connectivity index (χ2v) is 11.0. The molecule has 0 amide bonds. The van der Waals surface area contributed by atoms with E-state index in [4.69, 9.17) is 0 Å². The van der Waals surface area contributed by atoms with Crippen molar-refractivity contribution in [1.29, 1.82) is 0 Å². The van der Waals surface area contributed by atoms with E-state index in [1.54, 1.807) is 0 Å². The fraction of sp³-hybridized carbons (Fsp3) is 0.667. The number of hydrogen-bond donors (Lipinski definition) is 2. The smallest absolute Gasteiger partial charge is 0.0777 e. The molecule has 32 heavy (non-hydrogen) atoms. The Morgan fingerprint density at radius 3 is 2.41 bits per heavy atom.